The van der Waals surface area contributed by atoms with Crippen molar-refractivity contribution in [1.82, 2.24) is 9.88 Å². The van der Waals surface area contributed by atoms with E-state index >= 15 is 0 Å². The van der Waals surface area contributed by atoms with Crippen molar-refractivity contribution in [3.8, 4) is 16.9 Å². The van der Waals surface area contributed by atoms with E-state index in [2.05, 4.69) is 45.3 Å². The maximum Gasteiger partial charge on any atom is 0.326 e. The number of fused-ring (bicyclic) bond motifs is 1. The van der Waals surface area contributed by atoms with Crippen molar-refractivity contribution in [2.24, 2.45) is 0 Å². The Morgan fingerprint density at radius 1 is 0.943 bits per heavy atom. The second-order valence-corrected chi connectivity index (χ2v) is 9.44. The largest absolute Gasteiger partial charge is 0.495 e. The number of piperazine rings is 1. The highest BCUT2D eigenvalue weighted by Gasteiger charge is 2.28. The molecule has 0 radical (unpaired) electrons. The Hall–Kier alpha value is -3.58. The van der Waals surface area contributed by atoms with Gasteiger partial charge in [-0.2, -0.15) is 0 Å². The van der Waals surface area contributed by atoms with E-state index in [4.69, 9.17) is 4.74 Å². The molecule has 2 aromatic carbocycles. The van der Waals surface area contributed by atoms with Crippen molar-refractivity contribution in [1.29, 1.82) is 0 Å². The molecule has 0 unspecified atom stereocenters. The van der Waals surface area contributed by atoms with Crippen LogP contribution in [0.2, 0.25) is 0 Å². The predicted octanol–water partition coefficient (Wildman–Crippen LogP) is 4.72. The number of ether oxygens (including phenoxy) is 1. The Balaban J connectivity index is 1.34. The van der Waals surface area contributed by atoms with Crippen LogP contribution in [0.15, 0.2) is 48.5 Å². The van der Waals surface area contributed by atoms with E-state index in [1.807, 2.05) is 49.1 Å². The zero-order chi connectivity index (χ0) is 24.5. The highest BCUT2D eigenvalue weighted by Crippen LogP contribution is 2.39. The third-order valence-electron chi connectivity index (χ3n) is 7.04. The summed E-state index contributed by atoms with van der Waals surface area (Å²) in [6.45, 7) is 8.59. The average molecular weight is 472 g/mol. The number of amides is 2. The van der Waals surface area contributed by atoms with Crippen LogP contribution in [0.1, 0.15) is 17.0 Å². The second kappa shape index (κ2) is 9.58. The van der Waals surface area contributed by atoms with E-state index in [1.165, 1.54) is 0 Å². The van der Waals surface area contributed by atoms with Gasteiger partial charge in [0.25, 0.3) is 0 Å². The van der Waals surface area contributed by atoms with Crippen molar-refractivity contribution in [2.45, 2.75) is 20.3 Å². The number of urea groups is 1. The SMILES string of the molecule is COc1cc2c(cc1N1CCN(C)CC1)N(C(=O)Nc1ccc(-c3ccc(C)nc3C)cc1)CC2. The molecule has 2 amide bonds. The number of likely N-dealkylation sites (N-methyl/N-ethyl adjacent to an activating group) is 1. The molecule has 0 aliphatic carbocycles. The number of carbonyl (C=O) groups excluding carboxylic acids is 1. The number of anilines is 3. The molecule has 2 aliphatic rings. The maximum atomic E-state index is 13.3. The summed E-state index contributed by atoms with van der Waals surface area (Å²) in [5.74, 6) is 0.882. The molecule has 0 bridgehead atoms. The van der Waals surface area contributed by atoms with Crippen LogP contribution in [-0.4, -0.2) is 62.8 Å². The molecule has 5 rings (SSSR count). The first kappa shape index (κ1) is 23.2. The summed E-state index contributed by atoms with van der Waals surface area (Å²) in [5.41, 5.74) is 8.15. The van der Waals surface area contributed by atoms with Crippen LogP contribution in [0.4, 0.5) is 21.9 Å². The van der Waals surface area contributed by atoms with E-state index < -0.39 is 0 Å². The molecule has 1 aromatic heterocycles. The van der Waals surface area contributed by atoms with Gasteiger partial charge in [-0.1, -0.05) is 18.2 Å². The summed E-state index contributed by atoms with van der Waals surface area (Å²) in [7, 11) is 3.87. The lowest BCUT2D eigenvalue weighted by molar-refractivity contribution is 0.257. The van der Waals surface area contributed by atoms with Crippen LogP contribution in [0, 0.1) is 13.8 Å². The Morgan fingerprint density at radius 2 is 1.69 bits per heavy atom. The van der Waals surface area contributed by atoms with Crippen LogP contribution >= 0.6 is 0 Å². The Labute approximate surface area is 207 Å². The minimum absolute atomic E-state index is 0.112. The van der Waals surface area contributed by atoms with Crippen LogP contribution in [0.3, 0.4) is 0 Å². The molecule has 7 nitrogen and oxygen atoms in total. The number of carbonyl (C=O) groups is 1. The molecule has 3 aromatic rings. The molecular formula is C28H33N5O2. The summed E-state index contributed by atoms with van der Waals surface area (Å²) >= 11 is 0. The van der Waals surface area contributed by atoms with E-state index in [0.717, 1.165) is 83.5 Å². The van der Waals surface area contributed by atoms with Crippen LogP contribution in [0.5, 0.6) is 5.75 Å². The number of hydrogen-bond donors (Lipinski definition) is 1. The number of aryl methyl sites for hydroxylation is 2. The summed E-state index contributed by atoms with van der Waals surface area (Å²) in [6, 6.07) is 16.2. The first-order valence-corrected chi connectivity index (χ1v) is 12.2. The summed E-state index contributed by atoms with van der Waals surface area (Å²) in [6.07, 6.45) is 0.820. The van der Waals surface area contributed by atoms with Gasteiger partial charge in [-0.05, 0) is 68.8 Å². The quantitative estimate of drug-likeness (QED) is 0.597. The molecule has 0 saturated carbocycles. The normalized spacial score (nSPS) is 15.8. The molecule has 182 valence electrons. The maximum absolute atomic E-state index is 13.3. The third kappa shape index (κ3) is 4.68. The van der Waals surface area contributed by atoms with Gasteiger partial charge in [-0.25, -0.2) is 4.79 Å². The Bertz CT molecular complexity index is 1230. The van der Waals surface area contributed by atoms with Gasteiger partial charge in [0.2, 0.25) is 0 Å². The molecular weight excluding hydrogens is 438 g/mol. The molecule has 35 heavy (non-hydrogen) atoms. The molecule has 2 aliphatic heterocycles. The lowest BCUT2D eigenvalue weighted by Gasteiger charge is -2.35. The summed E-state index contributed by atoms with van der Waals surface area (Å²) in [5, 5.41) is 3.08. The minimum Gasteiger partial charge on any atom is -0.495 e. The fraction of sp³-hybridized carbons (Fsp3) is 0.357. The smallest absolute Gasteiger partial charge is 0.326 e. The van der Waals surface area contributed by atoms with Gasteiger partial charge in [0.15, 0.2) is 0 Å². The van der Waals surface area contributed by atoms with Gasteiger partial charge >= 0.3 is 6.03 Å². The van der Waals surface area contributed by atoms with Crippen molar-refractivity contribution in [3.63, 3.8) is 0 Å². The van der Waals surface area contributed by atoms with Crippen LogP contribution < -0.4 is 19.9 Å². The van der Waals surface area contributed by atoms with Gasteiger partial charge < -0.3 is 19.9 Å². The molecule has 0 spiro atoms. The van der Waals surface area contributed by atoms with Gasteiger partial charge in [-0.15, -0.1) is 0 Å². The van der Waals surface area contributed by atoms with Gasteiger partial charge in [0.1, 0.15) is 5.75 Å². The predicted molar refractivity (Wildman–Crippen MR) is 142 cm³/mol. The van der Waals surface area contributed by atoms with E-state index in [-0.39, 0.29) is 6.03 Å². The van der Waals surface area contributed by atoms with Gasteiger partial charge in [-0.3, -0.25) is 9.88 Å². The first-order chi connectivity index (χ1) is 16.9. The minimum atomic E-state index is -0.112. The number of rotatable bonds is 4. The fourth-order valence-corrected chi connectivity index (χ4v) is 4.99. The number of nitrogens with zero attached hydrogens (tertiary/aromatic N) is 4. The fourth-order valence-electron chi connectivity index (χ4n) is 4.99. The highest BCUT2D eigenvalue weighted by molar-refractivity contribution is 6.03. The zero-order valence-corrected chi connectivity index (χ0v) is 21.0. The average Bonchev–Trinajstić information content (AvgIpc) is 3.27. The molecule has 3 heterocycles. The third-order valence-corrected chi connectivity index (χ3v) is 7.04. The van der Waals surface area contributed by atoms with Crippen LogP contribution in [0.25, 0.3) is 11.1 Å². The zero-order valence-electron chi connectivity index (χ0n) is 21.0. The molecule has 1 fully saturated rings. The van der Waals surface area contributed by atoms with E-state index in [0.29, 0.717) is 6.54 Å². The first-order valence-electron chi connectivity index (χ1n) is 12.2. The van der Waals surface area contributed by atoms with Crippen LogP contribution in [-0.2, 0) is 6.42 Å². The number of pyridine rings is 1. The lowest BCUT2D eigenvalue weighted by Crippen LogP contribution is -2.44. The number of hydrogen-bond acceptors (Lipinski definition) is 5. The second-order valence-electron chi connectivity index (χ2n) is 9.44. The van der Waals surface area contributed by atoms with E-state index in [9.17, 15) is 4.79 Å². The number of methoxy groups -OCH3 is 1. The van der Waals surface area contributed by atoms with Crippen molar-refractivity contribution in [2.75, 3.05) is 62.0 Å². The summed E-state index contributed by atoms with van der Waals surface area (Å²) in [4.78, 5) is 24.4. The van der Waals surface area contributed by atoms with Gasteiger partial charge in [0.05, 0.1) is 18.5 Å². The molecule has 1 N–H and O–H groups in total. The monoisotopic (exact) mass is 471 g/mol. The Kier molecular flexibility index (Phi) is 6.34. The van der Waals surface area contributed by atoms with Crippen molar-refractivity contribution in [3.05, 3.63) is 65.5 Å². The molecule has 1 saturated heterocycles. The highest BCUT2D eigenvalue weighted by atomic mass is 16.5. The topological polar surface area (TPSA) is 60.9 Å². The lowest BCUT2D eigenvalue weighted by atomic mass is 10.0. The van der Waals surface area contributed by atoms with Gasteiger partial charge in [0, 0.05) is 55.4 Å². The van der Waals surface area contributed by atoms with Crippen molar-refractivity contribution >= 4 is 23.1 Å². The van der Waals surface area contributed by atoms with E-state index in [1.54, 1.807) is 7.11 Å². The number of benzene rings is 2. The van der Waals surface area contributed by atoms with Crippen molar-refractivity contribution < 1.29 is 9.53 Å². The Morgan fingerprint density at radius 3 is 2.37 bits per heavy atom. The number of nitrogens with one attached hydrogen (secondary N) is 1. The molecule has 0 atom stereocenters. The summed E-state index contributed by atoms with van der Waals surface area (Å²) < 4.78 is 5.73. The number of aromatic nitrogens is 1. The standard InChI is InChI=1S/C28H33N5O2/c1-19-5-10-24(20(2)29-19)21-6-8-23(9-7-21)30-28(34)33-12-11-22-17-27(35-4)26(18-25(22)33)32-15-13-31(3)14-16-32/h5-10,17-18H,11-16H2,1-4H3,(H,30,34). The molecule has 7 heteroatoms.